The molecule has 0 amide bonds. The number of nitrogens with two attached hydrogens (primary N) is 1. The van der Waals surface area contributed by atoms with Crippen LogP contribution in [0.3, 0.4) is 0 Å². The molecule has 0 aliphatic carbocycles. The van der Waals surface area contributed by atoms with Gasteiger partial charge in [0.25, 0.3) is 0 Å². The van der Waals surface area contributed by atoms with Crippen LogP contribution >= 0.6 is 0 Å². The van der Waals surface area contributed by atoms with Crippen LogP contribution in [0.15, 0.2) is 24.3 Å². The summed E-state index contributed by atoms with van der Waals surface area (Å²) in [5, 5.41) is 0. The molecule has 2 rings (SSSR count). The highest BCUT2D eigenvalue weighted by molar-refractivity contribution is 5.27. The average molecular weight is 291 g/mol. The first kappa shape index (κ1) is 16.3. The van der Waals surface area contributed by atoms with Crippen molar-refractivity contribution in [3.05, 3.63) is 29.8 Å². The molecule has 0 aromatic heterocycles. The zero-order valence-corrected chi connectivity index (χ0v) is 13.4. The smallest absolute Gasteiger partial charge is 0.119 e. The Kier molecular flexibility index (Phi) is 6.49. The molecule has 1 heterocycles. The molecule has 0 radical (unpaired) electrons. The molecule has 1 saturated heterocycles. The van der Waals surface area contributed by atoms with Gasteiger partial charge in [-0.1, -0.05) is 12.1 Å². The molecule has 21 heavy (non-hydrogen) atoms. The Morgan fingerprint density at radius 2 is 1.86 bits per heavy atom. The van der Waals surface area contributed by atoms with Crippen LogP contribution in [-0.4, -0.2) is 62.7 Å². The highest BCUT2D eigenvalue weighted by atomic mass is 16.5. The van der Waals surface area contributed by atoms with Crippen LogP contribution in [0.5, 0.6) is 5.75 Å². The van der Waals surface area contributed by atoms with E-state index >= 15 is 0 Å². The van der Waals surface area contributed by atoms with Crippen LogP contribution in [0.25, 0.3) is 0 Å². The van der Waals surface area contributed by atoms with Gasteiger partial charge in [-0.05, 0) is 70.7 Å². The monoisotopic (exact) mass is 291 g/mol. The number of nitrogens with zero attached hydrogens (tertiary/aromatic N) is 2. The third-order valence-corrected chi connectivity index (χ3v) is 4.32. The summed E-state index contributed by atoms with van der Waals surface area (Å²) in [7, 11) is 4.36. The highest BCUT2D eigenvalue weighted by Gasteiger charge is 2.20. The topological polar surface area (TPSA) is 41.7 Å². The first-order valence-corrected chi connectivity index (χ1v) is 7.99. The molecule has 1 fully saturated rings. The van der Waals surface area contributed by atoms with E-state index in [1.165, 1.54) is 31.5 Å². The van der Waals surface area contributed by atoms with Gasteiger partial charge < -0.3 is 15.4 Å². The van der Waals surface area contributed by atoms with Crippen molar-refractivity contribution in [1.82, 2.24) is 9.80 Å². The molecule has 0 spiro atoms. The predicted octanol–water partition coefficient (Wildman–Crippen LogP) is 1.59. The molecule has 0 saturated carbocycles. The molecule has 1 aromatic rings. The molecule has 1 aliphatic rings. The molecule has 118 valence electrons. The summed E-state index contributed by atoms with van der Waals surface area (Å²) in [5.74, 6) is 0.957. The second kappa shape index (κ2) is 8.37. The second-order valence-electron chi connectivity index (χ2n) is 6.07. The van der Waals surface area contributed by atoms with Crippen LogP contribution in [0.4, 0.5) is 0 Å². The molecule has 0 unspecified atom stereocenters. The van der Waals surface area contributed by atoms with Crippen LogP contribution in [0, 0.1) is 0 Å². The maximum absolute atomic E-state index is 5.83. The molecule has 1 aromatic carbocycles. The van der Waals surface area contributed by atoms with Crippen molar-refractivity contribution in [3.8, 4) is 5.75 Å². The average Bonchev–Trinajstić information content (AvgIpc) is 2.50. The number of rotatable bonds is 7. The van der Waals surface area contributed by atoms with E-state index in [9.17, 15) is 0 Å². The Bertz CT molecular complexity index is 397. The molecule has 4 heteroatoms. The van der Waals surface area contributed by atoms with E-state index in [1.54, 1.807) is 0 Å². The second-order valence-corrected chi connectivity index (χ2v) is 6.07. The van der Waals surface area contributed by atoms with Crippen molar-refractivity contribution >= 4 is 0 Å². The third kappa shape index (κ3) is 5.30. The molecular formula is C17H29N3O. The van der Waals surface area contributed by atoms with E-state index in [0.29, 0.717) is 6.54 Å². The SMILES string of the molecule is CN(C)C1CCN(CCOc2ccc(CCN)cc2)CC1. The van der Waals surface area contributed by atoms with E-state index in [-0.39, 0.29) is 0 Å². The van der Waals surface area contributed by atoms with Gasteiger partial charge in [0.15, 0.2) is 0 Å². The van der Waals surface area contributed by atoms with Crippen molar-refractivity contribution < 1.29 is 4.74 Å². The summed E-state index contributed by atoms with van der Waals surface area (Å²) in [6, 6.07) is 9.04. The van der Waals surface area contributed by atoms with E-state index in [1.807, 2.05) is 12.1 Å². The molecule has 2 N–H and O–H groups in total. The van der Waals surface area contributed by atoms with Gasteiger partial charge in [-0.3, -0.25) is 4.90 Å². The summed E-state index contributed by atoms with van der Waals surface area (Å²) in [6.07, 6.45) is 3.46. The summed E-state index contributed by atoms with van der Waals surface area (Å²) < 4.78 is 5.83. The summed E-state index contributed by atoms with van der Waals surface area (Å²) in [4.78, 5) is 4.85. The van der Waals surface area contributed by atoms with Crippen molar-refractivity contribution in [2.45, 2.75) is 25.3 Å². The van der Waals surface area contributed by atoms with Crippen molar-refractivity contribution in [1.29, 1.82) is 0 Å². The fourth-order valence-corrected chi connectivity index (χ4v) is 2.87. The minimum atomic E-state index is 0.698. The number of hydrogen-bond donors (Lipinski definition) is 1. The van der Waals surface area contributed by atoms with Gasteiger partial charge in [0.05, 0.1) is 0 Å². The van der Waals surface area contributed by atoms with E-state index in [2.05, 4.69) is 36.0 Å². The maximum Gasteiger partial charge on any atom is 0.119 e. The Hall–Kier alpha value is -1.10. The zero-order chi connectivity index (χ0) is 15.1. The predicted molar refractivity (Wildman–Crippen MR) is 87.8 cm³/mol. The Labute approximate surface area is 128 Å². The van der Waals surface area contributed by atoms with Gasteiger partial charge >= 0.3 is 0 Å². The highest BCUT2D eigenvalue weighted by Crippen LogP contribution is 2.15. The van der Waals surface area contributed by atoms with E-state index in [4.69, 9.17) is 10.5 Å². The minimum absolute atomic E-state index is 0.698. The molecule has 0 bridgehead atoms. The van der Waals surface area contributed by atoms with Crippen LogP contribution in [-0.2, 0) is 6.42 Å². The number of hydrogen-bond acceptors (Lipinski definition) is 4. The Morgan fingerprint density at radius 1 is 1.19 bits per heavy atom. The van der Waals surface area contributed by atoms with Gasteiger partial charge in [-0.25, -0.2) is 0 Å². The van der Waals surface area contributed by atoms with Gasteiger partial charge in [-0.15, -0.1) is 0 Å². The largest absolute Gasteiger partial charge is 0.492 e. The van der Waals surface area contributed by atoms with E-state index < -0.39 is 0 Å². The lowest BCUT2D eigenvalue weighted by Crippen LogP contribution is -2.43. The number of benzene rings is 1. The third-order valence-electron chi connectivity index (χ3n) is 4.32. The number of ether oxygens (including phenoxy) is 1. The van der Waals surface area contributed by atoms with Crippen LogP contribution < -0.4 is 10.5 Å². The van der Waals surface area contributed by atoms with E-state index in [0.717, 1.165) is 31.4 Å². The summed E-state index contributed by atoms with van der Waals surface area (Å²) >= 11 is 0. The van der Waals surface area contributed by atoms with Crippen LogP contribution in [0.1, 0.15) is 18.4 Å². The van der Waals surface area contributed by atoms with Crippen molar-refractivity contribution in [3.63, 3.8) is 0 Å². The summed E-state index contributed by atoms with van der Waals surface area (Å²) in [6.45, 7) is 4.85. The van der Waals surface area contributed by atoms with Crippen molar-refractivity contribution in [2.24, 2.45) is 5.73 Å². The fraction of sp³-hybridized carbons (Fsp3) is 0.647. The van der Waals surface area contributed by atoms with Gasteiger partial charge in [0.2, 0.25) is 0 Å². The van der Waals surface area contributed by atoms with Crippen molar-refractivity contribution in [2.75, 3.05) is 46.9 Å². The molecule has 0 atom stereocenters. The lowest BCUT2D eigenvalue weighted by Gasteiger charge is -2.35. The van der Waals surface area contributed by atoms with Gasteiger partial charge in [-0.2, -0.15) is 0 Å². The molecular weight excluding hydrogens is 262 g/mol. The standard InChI is InChI=1S/C17H29N3O/c1-19(2)16-8-11-20(12-9-16)13-14-21-17-5-3-15(4-6-17)7-10-18/h3-6,16H,7-14,18H2,1-2H3. The normalized spacial score (nSPS) is 17.3. The number of likely N-dealkylation sites (tertiary alicyclic amines) is 1. The fourth-order valence-electron chi connectivity index (χ4n) is 2.87. The van der Waals surface area contributed by atoms with Gasteiger partial charge in [0.1, 0.15) is 12.4 Å². The number of piperidine rings is 1. The van der Waals surface area contributed by atoms with Crippen LogP contribution in [0.2, 0.25) is 0 Å². The van der Waals surface area contributed by atoms with Gasteiger partial charge in [0, 0.05) is 12.6 Å². The first-order valence-electron chi connectivity index (χ1n) is 7.99. The Balaban J connectivity index is 1.65. The Morgan fingerprint density at radius 3 is 2.43 bits per heavy atom. The summed E-state index contributed by atoms with van der Waals surface area (Å²) in [5.41, 5.74) is 6.82. The lowest BCUT2D eigenvalue weighted by atomic mass is 10.0. The molecule has 4 nitrogen and oxygen atoms in total. The minimum Gasteiger partial charge on any atom is -0.492 e. The first-order chi connectivity index (χ1) is 10.2. The maximum atomic E-state index is 5.83. The quantitative estimate of drug-likeness (QED) is 0.828. The molecule has 1 aliphatic heterocycles. The zero-order valence-electron chi connectivity index (χ0n) is 13.4. The lowest BCUT2D eigenvalue weighted by molar-refractivity contribution is 0.128.